The van der Waals surface area contributed by atoms with Crippen LogP contribution in [0.3, 0.4) is 0 Å². The van der Waals surface area contributed by atoms with Crippen molar-refractivity contribution in [3.63, 3.8) is 0 Å². The molecule has 1 aromatic carbocycles. The van der Waals surface area contributed by atoms with Gasteiger partial charge in [-0.1, -0.05) is 0 Å². The van der Waals surface area contributed by atoms with Crippen LogP contribution in [0.1, 0.15) is 29.6 Å². The number of aromatic carboxylic acids is 1. The monoisotopic (exact) mass is 296 g/mol. The summed E-state index contributed by atoms with van der Waals surface area (Å²) >= 11 is 0. The lowest BCUT2D eigenvalue weighted by molar-refractivity contribution is 0.0698. The van der Waals surface area contributed by atoms with Crippen molar-refractivity contribution in [3.8, 4) is 0 Å². The van der Waals surface area contributed by atoms with E-state index < -0.39 is 17.8 Å². The molecular formula is C14H17FN2O4. The predicted octanol–water partition coefficient (Wildman–Crippen LogP) is 2.21. The van der Waals surface area contributed by atoms with Gasteiger partial charge in [-0.15, -0.1) is 0 Å². The average Bonchev–Trinajstić information content (AvgIpc) is 2.91. The van der Waals surface area contributed by atoms with Crippen LogP contribution in [0.4, 0.5) is 14.9 Å². The first-order valence-electron chi connectivity index (χ1n) is 6.75. The Labute approximate surface area is 121 Å². The zero-order chi connectivity index (χ0) is 15.2. The number of halogens is 1. The quantitative estimate of drug-likeness (QED) is 0.777. The fourth-order valence-corrected chi connectivity index (χ4v) is 2.19. The number of urea groups is 1. The summed E-state index contributed by atoms with van der Waals surface area (Å²) in [7, 11) is 0. The summed E-state index contributed by atoms with van der Waals surface area (Å²) in [6.45, 7) is 1.16. The lowest BCUT2D eigenvalue weighted by atomic mass is 10.1. The van der Waals surface area contributed by atoms with Gasteiger partial charge in [-0.2, -0.15) is 0 Å². The second-order valence-corrected chi connectivity index (χ2v) is 4.80. The van der Waals surface area contributed by atoms with Gasteiger partial charge >= 0.3 is 12.0 Å². The van der Waals surface area contributed by atoms with Crippen molar-refractivity contribution in [1.82, 2.24) is 5.32 Å². The molecule has 0 spiro atoms. The molecule has 2 rings (SSSR count). The van der Waals surface area contributed by atoms with Gasteiger partial charge in [0.15, 0.2) is 0 Å². The van der Waals surface area contributed by atoms with Crippen LogP contribution in [0.25, 0.3) is 0 Å². The zero-order valence-electron chi connectivity index (χ0n) is 11.4. The number of carboxylic acid groups (broad SMARTS) is 1. The number of ether oxygens (including phenoxy) is 1. The van der Waals surface area contributed by atoms with E-state index in [0.29, 0.717) is 13.0 Å². The first kappa shape index (κ1) is 15.2. The van der Waals surface area contributed by atoms with E-state index >= 15 is 0 Å². The minimum absolute atomic E-state index is 0.0721. The number of benzene rings is 1. The maximum absolute atomic E-state index is 13.1. The Hall–Kier alpha value is -2.15. The van der Waals surface area contributed by atoms with E-state index in [1.165, 1.54) is 0 Å². The van der Waals surface area contributed by atoms with Crippen molar-refractivity contribution in [2.24, 2.45) is 0 Å². The van der Waals surface area contributed by atoms with Crippen molar-refractivity contribution in [2.75, 3.05) is 18.5 Å². The van der Waals surface area contributed by atoms with E-state index in [-0.39, 0.29) is 17.4 Å². The van der Waals surface area contributed by atoms with Crippen molar-refractivity contribution in [1.29, 1.82) is 0 Å². The Balaban J connectivity index is 1.86. The molecule has 1 heterocycles. The molecule has 1 aromatic rings. The maximum atomic E-state index is 13.1. The van der Waals surface area contributed by atoms with Crippen LogP contribution >= 0.6 is 0 Å². The summed E-state index contributed by atoms with van der Waals surface area (Å²) in [6.07, 6.45) is 2.87. The number of carboxylic acids is 1. The summed E-state index contributed by atoms with van der Waals surface area (Å²) in [6, 6.07) is 2.55. The average molecular weight is 296 g/mol. The Bertz CT molecular complexity index is 530. The molecule has 3 N–H and O–H groups in total. The van der Waals surface area contributed by atoms with Gasteiger partial charge in [0, 0.05) is 13.2 Å². The molecule has 6 nitrogen and oxygen atoms in total. The molecule has 1 unspecified atom stereocenters. The van der Waals surface area contributed by atoms with E-state index in [0.717, 1.165) is 37.6 Å². The molecule has 1 fully saturated rings. The van der Waals surface area contributed by atoms with Crippen LogP contribution in [0.5, 0.6) is 0 Å². The second-order valence-electron chi connectivity index (χ2n) is 4.80. The molecular weight excluding hydrogens is 279 g/mol. The normalized spacial score (nSPS) is 17.5. The maximum Gasteiger partial charge on any atom is 0.337 e. The summed E-state index contributed by atoms with van der Waals surface area (Å²) in [5, 5.41) is 13.9. The summed E-state index contributed by atoms with van der Waals surface area (Å²) < 4.78 is 18.6. The number of hydrogen-bond acceptors (Lipinski definition) is 3. The largest absolute Gasteiger partial charge is 0.478 e. The minimum Gasteiger partial charge on any atom is -0.478 e. The van der Waals surface area contributed by atoms with Crippen molar-refractivity contribution >= 4 is 17.7 Å². The summed E-state index contributed by atoms with van der Waals surface area (Å²) in [5.74, 6) is -1.85. The molecule has 1 aliphatic heterocycles. The van der Waals surface area contributed by atoms with Gasteiger partial charge in [0.25, 0.3) is 0 Å². The molecule has 1 aliphatic rings. The first-order valence-corrected chi connectivity index (χ1v) is 6.75. The topological polar surface area (TPSA) is 87.7 Å². The highest BCUT2D eigenvalue weighted by Gasteiger charge is 2.16. The number of carbonyl (C=O) groups excluding carboxylic acids is 1. The summed E-state index contributed by atoms with van der Waals surface area (Å²) in [4.78, 5) is 22.7. The van der Waals surface area contributed by atoms with E-state index in [1.807, 2.05) is 0 Å². The number of rotatable bonds is 5. The SMILES string of the molecule is O=C(NCCC1CCCO1)Nc1cc(F)ccc1C(=O)O. The second kappa shape index (κ2) is 7.03. The van der Waals surface area contributed by atoms with Gasteiger partial charge < -0.3 is 20.5 Å². The predicted molar refractivity (Wildman–Crippen MR) is 74.0 cm³/mol. The number of carbonyl (C=O) groups is 2. The van der Waals surface area contributed by atoms with Crippen molar-refractivity contribution in [3.05, 3.63) is 29.6 Å². The van der Waals surface area contributed by atoms with Crippen LogP contribution in [0.2, 0.25) is 0 Å². The van der Waals surface area contributed by atoms with Crippen LogP contribution < -0.4 is 10.6 Å². The van der Waals surface area contributed by atoms with Gasteiger partial charge in [0.1, 0.15) is 5.82 Å². The summed E-state index contributed by atoms with van der Waals surface area (Å²) in [5.41, 5.74) is -0.234. The molecule has 7 heteroatoms. The Morgan fingerprint density at radius 3 is 2.90 bits per heavy atom. The van der Waals surface area contributed by atoms with E-state index in [9.17, 15) is 14.0 Å². The standard InChI is InChI=1S/C14H17FN2O4/c15-9-3-4-11(13(18)19)12(8-9)17-14(20)16-6-5-10-2-1-7-21-10/h3-4,8,10H,1-2,5-7H2,(H,18,19)(H2,16,17,20). The van der Waals surface area contributed by atoms with E-state index in [2.05, 4.69) is 10.6 Å². The van der Waals surface area contributed by atoms with Gasteiger partial charge in [0.2, 0.25) is 0 Å². The van der Waals surface area contributed by atoms with Gasteiger partial charge in [0.05, 0.1) is 17.4 Å². The highest BCUT2D eigenvalue weighted by Crippen LogP contribution is 2.17. The van der Waals surface area contributed by atoms with E-state index in [4.69, 9.17) is 9.84 Å². The molecule has 1 atom stereocenters. The van der Waals surface area contributed by atoms with Crippen LogP contribution in [-0.2, 0) is 4.74 Å². The molecule has 0 aliphatic carbocycles. The van der Waals surface area contributed by atoms with Crippen LogP contribution in [0, 0.1) is 5.82 Å². The van der Waals surface area contributed by atoms with Crippen LogP contribution in [-0.4, -0.2) is 36.4 Å². The van der Waals surface area contributed by atoms with E-state index in [1.54, 1.807) is 0 Å². The molecule has 0 saturated carbocycles. The third-order valence-corrected chi connectivity index (χ3v) is 3.24. The molecule has 0 aromatic heterocycles. The Morgan fingerprint density at radius 2 is 2.24 bits per heavy atom. The molecule has 0 radical (unpaired) electrons. The third kappa shape index (κ3) is 4.42. The molecule has 2 amide bonds. The fraction of sp³-hybridized carbons (Fsp3) is 0.429. The van der Waals surface area contributed by atoms with Gasteiger partial charge in [-0.3, -0.25) is 0 Å². The number of nitrogens with one attached hydrogen (secondary N) is 2. The Kier molecular flexibility index (Phi) is 5.10. The van der Waals surface area contributed by atoms with Crippen molar-refractivity contribution in [2.45, 2.75) is 25.4 Å². The fourth-order valence-electron chi connectivity index (χ4n) is 2.19. The highest BCUT2D eigenvalue weighted by molar-refractivity contribution is 5.99. The third-order valence-electron chi connectivity index (χ3n) is 3.24. The number of amides is 2. The van der Waals surface area contributed by atoms with Crippen molar-refractivity contribution < 1.29 is 23.8 Å². The smallest absolute Gasteiger partial charge is 0.337 e. The number of hydrogen-bond donors (Lipinski definition) is 3. The lowest BCUT2D eigenvalue weighted by Gasteiger charge is -2.12. The minimum atomic E-state index is -1.23. The highest BCUT2D eigenvalue weighted by atomic mass is 19.1. The molecule has 1 saturated heterocycles. The lowest BCUT2D eigenvalue weighted by Crippen LogP contribution is -2.31. The van der Waals surface area contributed by atoms with Crippen LogP contribution in [0.15, 0.2) is 18.2 Å². The zero-order valence-corrected chi connectivity index (χ0v) is 11.4. The molecule has 114 valence electrons. The van der Waals surface area contributed by atoms with Gasteiger partial charge in [-0.25, -0.2) is 14.0 Å². The molecule has 0 bridgehead atoms. The first-order chi connectivity index (χ1) is 10.1. The van der Waals surface area contributed by atoms with Gasteiger partial charge in [-0.05, 0) is 37.5 Å². The Morgan fingerprint density at radius 1 is 1.43 bits per heavy atom. The number of anilines is 1. The molecule has 21 heavy (non-hydrogen) atoms.